The molecule has 3 N–H and O–H groups in total. The van der Waals surface area contributed by atoms with E-state index in [1.165, 1.54) is 7.11 Å². The summed E-state index contributed by atoms with van der Waals surface area (Å²) in [4.78, 5) is 14.2. The number of anilines is 1. The number of benzene rings is 1. The van der Waals surface area contributed by atoms with Crippen molar-refractivity contribution < 1.29 is 14.6 Å². The number of hydrogen-bond donors (Lipinski definition) is 2. The van der Waals surface area contributed by atoms with E-state index in [0.29, 0.717) is 29.5 Å². The molecule has 1 amide bonds. The van der Waals surface area contributed by atoms with Crippen LogP contribution >= 0.6 is 0 Å². The molecule has 0 radical (unpaired) electrons. The molecule has 0 aromatic heterocycles. The molecule has 1 aliphatic heterocycles. The van der Waals surface area contributed by atoms with Crippen LogP contribution in [0.15, 0.2) is 18.2 Å². The first-order valence-corrected chi connectivity index (χ1v) is 6.43. The number of nitrogens with zero attached hydrogens (tertiary/aromatic N) is 1. The normalized spacial score (nSPS) is 22.6. The second-order valence-corrected chi connectivity index (χ2v) is 4.97. The molecule has 1 fully saturated rings. The Morgan fingerprint density at radius 3 is 2.89 bits per heavy atom. The highest BCUT2D eigenvalue weighted by Gasteiger charge is 2.34. The largest absolute Gasteiger partial charge is 0.495 e. The minimum atomic E-state index is -0.101. The zero-order valence-corrected chi connectivity index (χ0v) is 11.3. The van der Waals surface area contributed by atoms with Crippen molar-refractivity contribution in [3.05, 3.63) is 23.8 Å². The Kier molecular flexibility index (Phi) is 3.95. The lowest BCUT2D eigenvalue weighted by Gasteiger charge is -2.25. The molecule has 0 spiro atoms. The maximum Gasteiger partial charge on any atom is 0.254 e. The van der Waals surface area contributed by atoms with Crippen molar-refractivity contribution in [2.75, 3.05) is 26.0 Å². The van der Waals surface area contributed by atoms with Crippen molar-refractivity contribution in [2.24, 2.45) is 5.92 Å². The fraction of sp³-hybridized carbons (Fsp3) is 0.500. The van der Waals surface area contributed by atoms with Crippen LogP contribution in [0.3, 0.4) is 0 Å². The lowest BCUT2D eigenvalue weighted by Crippen LogP contribution is -2.39. The van der Waals surface area contributed by atoms with Crippen LogP contribution in [-0.2, 0) is 0 Å². The average Bonchev–Trinajstić information content (AvgIpc) is 2.78. The van der Waals surface area contributed by atoms with Crippen LogP contribution in [0.4, 0.5) is 5.69 Å². The van der Waals surface area contributed by atoms with Crippen LogP contribution < -0.4 is 10.5 Å². The van der Waals surface area contributed by atoms with Crippen molar-refractivity contribution in [1.82, 2.24) is 4.90 Å². The van der Waals surface area contributed by atoms with E-state index in [2.05, 4.69) is 6.92 Å². The van der Waals surface area contributed by atoms with Crippen LogP contribution in [0.25, 0.3) is 0 Å². The summed E-state index contributed by atoms with van der Waals surface area (Å²) < 4.78 is 5.07. The van der Waals surface area contributed by atoms with Gasteiger partial charge in [0.1, 0.15) is 5.75 Å². The Morgan fingerprint density at radius 1 is 1.58 bits per heavy atom. The highest BCUT2D eigenvalue weighted by Crippen LogP contribution is 2.27. The first-order chi connectivity index (χ1) is 9.08. The number of amides is 1. The first kappa shape index (κ1) is 13.7. The first-order valence-electron chi connectivity index (χ1n) is 6.43. The van der Waals surface area contributed by atoms with Crippen LogP contribution in [0, 0.1) is 5.92 Å². The summed E-state index contributed by atoms with van der Waals surface area (Å²) in [7, 11) is 1.54. The molecule has 0 aliphatic carbocycles. The van der Waals surface area contributed by atoms with E-state index >= 15 is 0 Å². The van der Waals surface area contributed by atoms with E-state index in [0.717, 1.165) is 6.42 Å². The maximum atomic E-state index is 12.4. The number of nitrogens with two attached hydrogens (primary N) is 1. The predicted molar refractivity (Wildman–Crippen MR) is 73.1 cm³/mol. The van der Waals surface area contributed by atoms with Gasteiger partial charge in [0.15, 0.2) is 0 Å². The summed E-state index contributed by atoms with van der Waals surface area (Å²) in [5.74, 6) is 0.798. The molecule has 1 aliphatic rings. The van der Waals surface area contributed by atoms with Gasteiger partial charge < -0.3 is 20.5 Å². The minimum absolute atomic E-state index is 0.00144. The predicted octanol–water partition coefficient (Wildman–Crippen LogP) is 1.12. The molecular formula is C14H20N2O3. The van der Waals surface area contributed by atoms with Crippen LogP contribution in [-0.4, -0.2) is 42.2 Å². The van der Waals surface area contributed by atoms with Gasteiger partial charge in [-0.25, -0.2) is 0 Å². The Balaban J connectivity index is 2.22. The van der Waals surface area contributed by atoms with Crippen LogP contribution in [0.1, 0.15) is 23.7 Å². The molecule has 1 aromatic rings. The van der Waals surface area contributed by atoms with Crippen molar-refractivity contribution >= 4 is 11.6 Å². The molecule has 104 valence electrons. The van der Waals surface area contributed by atoms with E-state index in [1.807, 2.05) is 0 Å². The van der Waals surface area contributed by atoms with E-state index in [4.69, 9.17) is 10.5 Å². The monoisotopic (exact) mass is 264 g/mol. The third kappa shape index (κ3) is 2.51. The molecule has 5 nitrogen and oxygen atoms in total. The van der Waals surface area contributed by atoms with Gasteiger partial charge in [-0.2, -0.15) is 0 Å². The zero-order chi connectivity index (χ0) is 14.0. The smallest absolute Gasteiger partial charge is 0.254 e. The maximum absolute atomic E-state index is 12.4. The SMILES string of the molecule is COc1ccc(C(=O)N2CCC(C)C2CO)cc1N. The third-order valence-electron chi connectivity index (χ3n) is 3.81. The number of likely N-dealkylation sites (tertiary alicyclic amines) is 1. The summed E-state index contributed by atoms with van der Waals surface area (Å²) in [6, 6.07) is 4.92. The van der Waals surface area contributed by atoms with Crippen molar-refractivity contribution in [3.8, 4) is 5.75 Å². The minimum Gasteiger partial charge on any atom is -0.495 e. The summed E-state index contributed by atoms with van der Waals surface area (Å²) in [6.45, 7) is 2.73. The number of hydrogen-bond acceptors (Lipinski definition) is 4. The van der Waals surface area contributed by atoms with Gasteiger partial charge in [0.25, 0.3) is 5.91 Å². The van der Waals surface area contributed by atoms with Crippen LogP contribution in [0.2, 0.25) is 0 Å². The Morgan fingerprint density at radius 2 is 2.32 bits per heavy atom. The highest BCUT2D eigenvalue weighted by atomic mass is 16.5. The quantitative estimate of drug-likeness (QED) is 0.802. The van der Waals surface area contributed by atoms with Crippen molar-refractivity contribution in [1.29, 1.82) is 0 Å². The van der Waals surface area contributed by atoms with Gasteiger partial charge in [-0.1, -0.05) is 6.92 Å². The summed E-state index contributed by atoms with van der Waals surface area (Å²) in [6.07, 6.45) is 0.919. The fourth-order valence-electron chi connectivity index (χ4n) is 2.57. The highest BCUT2D eigenvalue weighted by molar-refractivity contribution is 5.96. The number of carbonyl (C=O) groups excluding carboxylic acids is 1. The van der Waals surface area contributed by atoms with Gasteiger partial charge in [-0.15, -0.1) is 0 Å². The Bertz CT molecular complexity index is 476. The molecule has 2 atom stereocenters. The van der Waals surface area contributed by atoms with Gasteiger partial charge in [0.2, 0.25) is 0 Å². The van der Waals surface area contributed by atoms with Gasteiger partial charge in [-0.3, -0.25) is 4.79 Å². The van der Waals surface area contributed by atoms with E-state index in [-0.39, 0.29) is 18.6 Å². The van der Waals surface area contributed by atoms with E-state index < -0.39 is 0 Å². The lowest BCUT2D eigenvalue weighted by molar-refractivity contribution is 0.0648. The van der Waals surface area contributed by atoms with Gasteiger partial charge in [0, 0.05) is 12.1 Å². The summed E-state index contributed by atoms with van der Waals surface area (Å²) >= 11 is 0. The van der Waals surface area contributed by atoms with E-state index in [9.17, 15) is 9.90 Å². The molecule has 0 bridgehead atoms. The van der Waals surface area contributed by atoms with Gasteiger partial charge in [-0.05, 0) is 30.5 Å². The molecule has 5 heteroatoms. The van der Waals surface area contributed by atoms with Crippen molar-refractivity contribution in [2.45, 2.75) is 19.4 Å². The molecule has 19 heavy (non-hydrogen) atoms. The number of methoxy groups -OCH3 is 1. The number of carbonyl (C=O) groups is 1. The molecular weight excluding hydrogens is 244 g/mol. The number of aliphatic hydroxyl groups excluding tert-OH is 1. The number of aliphatic hydroxyl groups is 1. The second kappa shape index (κ2) is 5.48. The summed E-state index contributed by atoms with van der Waals surface area (Å²) in [5.41, 5.74) is 6.80. The lowest BCUT2D eigenvalue weighted by atomic mass is 10.0. The number of rotatable bonds is 3. The topological polar surface area (TPSA) is 75.8 Å². The average molecular weight is 264 g/mol. The van der Waals surface area contributed by atoms with Crippen molar-refractivity contribution in [3.63, 3.8) is 0 Å². The molecule has 1 heterocycles. The molecule has 1 saturated heterocycles. The number of ether oxygens (including phenoxy) is 1. The van der Waals surface area contributed by atoms with Gasteiger partial charge >= 0.3 is 0 Å². The van der Waals surface area contributed by atoms with E-state index in [1.54, 1.807) is 23.1 Å². The molecule has 1 aromatic carbocycles. The van der Waals surface area contributed by atoms with Crippen LogP contribution in [0.5, 0.6) is 5.75 Å². The Hall–Kier alpha value is -1.75. The molecule has 2 unspecified atom stereocenters. The fourth-order valence-corrected chi connectivity index (χ4v) is 2.57. The van der Waals surface area contributed by atoms with Gasteiger partial charge in [0.05, 0.1) is 25.4 Å². The number of nitrogen functional groups attached to an aromatic ring is 1. The summed E-state index contributed by atoms with van der Waals surface area (Å²) in [5, 5.41) is 9.40. The molecule has 0 saturated carbocycles. The molecule has 2 rings (SSSR count). The standard InChI is InChI=1S/C14H20N2O3/c1-9-5-6-16(12(9)8-17)14(18)10-3-4-13(19-2)11(15)7-10/h3-4,7,9,12,17H,5-6,8,15H2,1-2H3. The Labute approximate surface area is 113 Å². The zero-order valence-electron chi connectivity index (χ0n) is 11.3. The second-order valence-electron chi connectivity index (χ2n) is 4.97. The third-order valence-corrected chi connectivity index (χ3v) is 3.81.